The van der Waals surface area contributed by atoms with E-state index in [0.29, 0.717) is 12.4 Å². The Bertz CT molecular complexity index is 853. The molecule has 130 valence electrons. The first-order chi connectivity index (χ1) is 10.9. The minimum atomic E-state index is -0.480. The van der Waals surface area contributed by atoms with E-state index in [0.717, 1.165) is 10.3 Å². The van der Waals surface area contributed by atoms with Gasteiger partial charge in [0.1, 0.15) is 19.9 Å². The molecule has 24 heavy (non-hydrogen) atoms. The zero-order valence-electron chi connectivity index (χ0n) is 14.0. The molecule has 2 rings (SSSR count). The Morgan fingerprint density at radius 2 is 1.83 bits per heavy atom. The molecule has 1 N–H and O–H groups in total. The number of halogens is 2. The highest BCUT2D eigenvalue weighted by atomic mass is 35.5. The van der Waals surface area contributed by atoms with Crippen LogP contribution in [-0.4, -0.2) is 39.9 Å². The van der Waals surface area contributed by atoms with Crippen molar-refractivity contribution in [2.45, 2.75) is 6.92 Å². The van der Waals surface area contributed by atoms with Gasteiger partial charge >= 0.3 is 5.69 Å². The molecule has 0 aliphatic carbocycles. The molecule has 0 fully saturated rings. The maximum atomic E-state index is 12.6. The van der Waals surface area contributed by atoms with Crippen LogP contribution in [0.2, 0.25) is 0 Å². The summed E-state index contributed by atoms with van der Waals surface area (Å²) in [7, 11) is 4.91. The van der Waals surface area contributed by atoms with Crippen LogP contribution in [0.15, 0.2) is 39.9 Å². The van der Waals surface area contributed by atoms with Gasteiger partial charge in [0, 0.05) is 19.3 Å². The first kappa shape index (κ1) is 20.0. The van der Waals surface area contributed by atoms with Crippen LogP contribution in [0.4, 0.5) is 11.5 Å². The predicted molar refractivity (Wildman–Crippen MR) is 93.5 cm³/mol. The normalized spacial score (nSPS) is 10.0. The number of benzene rings is 1. The van der Waals surface area contributed by atoms with Crippen molar-refractivity contribution in [3.63, 3.8) is 0 Å². The third kappa shape index (κ3) is 3.71. The molecule has 8 heteroatoms. The molecule has 0 atom stereocenters. The van der Waals surface area contributed by atoms with E-state index in [1.165, 1.54) is 7.05 Å². The Morgan fingerprint density at radius 1 is 1.25 bits per heavy atom. The summed E-state index contributed by atoms with van der Waals surface area (Å²) in [5.74, 6) is 0.394. The molecule has 2 aromatic rings. The zero-order valence-corrected chi connectivity index (χ0v) is 15.5. The van der Waals surface area contributed by atoms with Gasteiger partial charge in [0.25, 0.3) is 10.7 Å². The van der Waals surface area contributed by atoms with E-state index in [1.54, 1.807) is 18.7 Å². The molecule has 0 saturated carbocycles. The van der Waals surface area contributed by atoms with Crippen molar-refractivity contribution in [3.8, 4) is 0 Å². The van der Waals surface area contributed by atoms with Crippen molar-refractivity contribution in [2.24, 2.45) is 7.05 Å². The maximum absolute atomic E-state index is 12.6. The minimum absolute atomic E-state index is 0. The van der Waals surface area contributed by atoms with Crippen LogP contribution >= 0.6 is 11.6 Å². The second-order valence-electron chi connectivity index (χ2n) is 5.28. The number of aromatic amines is 1. The number of nitrogens with zero attached hydrogens (tertiary/aromatic N) is 3. The molecule has 6 nitrogen and oxygen atoms in total. The molecule has 1 aromatic heterocycles. The molecule has 1 aromatic carbocycles. The summed E-state index contributed by atoms with van der Waals surface area (Å²) in [5, 5.41) is 0.270. The number of anilines is 2. The maximum Gasteiger partial charge on any atom is 0.329 e. The van der Waals surface area contributed by atoms with Gasteiger partial charge in [-0.3, -0.25) is 14.3 Å². The van der Waals surface area contributed by atoms with Gasteiger partial charge in [-0.15, -0.1) is 0 Å². The van der Waals surface area contributed by atoms with Gasteiger partial charge in [0.15, 0.2) is 5.56 Å². The number of rotatable bonds is 4. The lowest BCUT2D eigenvalue weighted by molar-refractivity contribution is -0.461. The monoisotopic (exact) mass is 370 g/mol. The van der Waals surface area contributed by atoms with Gasteiger partial charge in [0.2, 0.25) is 0 Å². The number of H-pyrrole nitrogens is 1. The summed E-state index contributed by atoms with van der Waals surface area (Å²) >= 11 is 6.34. The van der Waals surface area contributed by atoms with Crippen LogP contribution in [0.1, 0.15) is 12.5 Å². The van der Waals surface area contributed by atoms with Crippen LogP contribution in [0, 0.1) is 0 Å². The van der Waals surface area contributed by atoms with Crippen molar-refractivity contribution < 1.29 is 17.0 Å². The number of para-hydroxylation sites is 1. The predicted octanol–water partition coefficient (Wildman–Crippen LogP) is -1.51. The van der Waals surface area contributed by atoms with Crippen LogP contribution in [0.5, 0.6) is 0 Å². The van der Waals surface area contributed by atoms with E-state index in [-0.39, 0.29) is 23.1 Å². The van der Waals surface area contributed by atoms with E-state index in [2.05, 4.69) is 4.98 Å². The summed E-state index contributed by atoms with van der Waals surface area (Å²) in [6, 6.07) is 9.52. The second kappa shape index (κ2) is 8.17. The van der Waals surface area contributed by atoms with Crippen molar-refractivity contribution >= 4 is 28.3 Å². The van der Waals surface area contributed by atoms with Gasteiger partial charge in [-0.05, 0) is 30.7 Å². The van der Waals surface area contributed by atoms with Crippen LogP contribution in [0.3, 0.4) is 0 Å². The first-order valence-electron chi connectivity index (χ1n) is 7.24. The Hall–Kier alpha value is -2.05. The first-order valence-corrected chi connectivity index (χ1v) is 7.62. The lowest BCUT2D eigenvalue weighted by Gasteiger charge is -2.24. The van der Waals surface area contributed by atoms with Crippen molar-refractivity contribution in [3.05, 3.63) is 56.7 Å². The summed E-state index contributed by atoms with van der Waals surface area (Å²) < 4.78 is 2.66. The fourth-order valence-electron chi connectivity index (χ4n) is 2.30. The summed E-state index contributed by atoms with van der Waals surface area (Å²) in [6.07, 6.45) is 0. The zero-order chi connectivity index (χ0) is 17.1. The lowest BCUT2D eigenvalue weighted by atomic mass is 10.2. The fraction of sp³-hybridized carbons (Fsp3) is 0.312. The molecule has 0 amide bonds. The average molecular weight is 371 g/mol. The average Bonchev–Trinajstić information content (AvgIpc) is 2.54. The quantitative estimate of drug-likeness (QED) is 0.526. The number of nitrogens with one attached hydrogen (secondary N) is 1. The molecule has 0 aliphatic rings. The Labute approximate surface area is 151 Å². The van der Waals surface area contributed by atoms with Gasteiger partial charge in [0.05, 0.1) is 0 Å². The van der Waals surface area contributed by atoms with E-state index in [1.807, 2.05) is 42.2 Å². The van der Waals surface area contributed by atoms with Crippen LogP contribution in [-0.2, 0) is 7.05 Å². The van der Waals surface area contributed by atoms with Gasteiger partial charge < -0.3 is 17.3 Å². The molecule has 0 radical (unpaired) electrons. The van der Waals surface area contributed by atoms with Crippen LogP contribution < -0.4 is 28.6 Å². The highest BCUT2D eigenvalue weighted by Gasteiger charge is 2.25. The third-order valence-corrected chi connectivity index (χ3v) is 4.07. The molecule has 1 heterocycles. The Morgan fingerprint density at radius 3 is 2.33 bits per heavy atom. The van der Waals surface area contributed by atoms with Crippen LogP contribution in [0.25, 0.3) is 0 Å². The largest absolute Gasteiger partial charge is 1.00 e. The van der Waals surface area contributed by atoms with Gasteiger partial charge in [-0.1, -0.05) is 18.2 Å². The number of hydrogen-bond donors (Lipinski definition) is 1. The van der Waals surface area contributed by atoms with E-state index < -0.39 is 11.2 Å². The minimum Gasteiger partial charge on any atom is -1.00 e. The molecule has 0 unspecified atom stereocenters. The SMILES string of the molecule is CCN(c1ccccc1)c1[nH]c(=O)n(C)c(=O)c1C(Cl)=[N+](C)C.[Cl-]. The lowest BCUT2D eigenvalue weighted by Crippen LogP contribution is -3.00. The number of hydrogen-bond acceptors (Lipinski definition) is 3. The summed E-state index contributed by atoms with van der Waals surface area (Å²) in [6.45, 7) is 2.51. The summed E-state index contributed by atoms with van der Waals surface area (Å²) in [5.41, 5.74) is 0.219. The molecular formula is C16H20Cl2N4O2. The summed E-state index contributed by atoms with van der Waals surface area (Å²) in [4.78, 5) is 29.3. The molecule has 0 bridgehead atoms. The van der Waals surface area contributed by atoms with E-state index in [9.17, 15) is 9.59 Å². The fourth-order valence-corrected chi connectivity index (χ4v) is 2.47. The highest BCUT2D eigenvalue weighted by Crippen LogP contribution is 2.24. The van der Waals surface area contributed by atoms with E-state index in [4.69, 9.17) is 11.6 Å². The highest BCUT2D eigenvalue weighted by molar-refractivity contribution is 6.68. The van der Waals surface area contributed by atoms with Gasteiger partial charge in [-0.2, -0.15) is 0 Å². The molecule has 0 spiro atoms. The molecular weight excluding hydrogens is 351 g/mol. The Balaban J connectivity index is 0.00000288. The van der Waals surface area contributed by atoms with Crippen molar-refractivity contribution in [2.75, 3.05) is 25.5 Å². The molecule has 0 saturated heterocycles. The second-order valence-corrected chi connectivity index (χ2v) is 5.64. The Kier molecular flexibility index (Phi) is 6.81. The molecule has 0 aliphatic heterocycles. The van der Waals surface area contributed by atoms with E-state index >= 15 is 0 Å². The number of aromatic nitrogens is 2. The third-order valence-electron chi connectivity index (χ3n) is 3.54. The van der Waals surface area contributed by atoms with Gasteiger partial charge in [-0.25, -0.2) is 9.37 Å². The standard InChI is InChI=1S/C16H19ClN4O2.ClH/c1-5-21(11-9-7-6-8-10-11)14-12(13(17)19(2)3)15(22)20(4)16(23)18-14;/h6-10H,5H2,1-4H3;1H. The topological polar surface area (TPSA) is 61.1 Å². The smallest absolute Gasteiger partial charge is 0.329 e. The van der Waals surface area contributed by atoms with Crippen molar-refractivity contribution in [1.82, 2.24) is 9.55 Å². The van der Waals surface area contributed by atoms with Crippen molar-refractivity contribution in [1.29, 1.82) is 0 Å².